The number of halogens is 3. The van der Waals surface area contributed by atoms with Crippen LogP contribution in [0.5, 0.6) is 0 Å². The normalized spacial score (nSPS) is 16.9. The molecule has 1 heterocycles. The lowest BCUT2D eigenvalue weighted by atomic mass is 10.3. The fraction of sp³-hybridized carbons (Fsp3) is 0.750. The lowest BCUT2D eigenvalue weighted by Gasteiger charge is -2.25. The molecule has 0 aromatic carbocycles. The van der Waals surface area contributed by atoms with Crippen molar-refractivity contribution in [1.29, 1.82) is 0 Å². The van der Waals surface area contributed by atoms with Crippen molar-refractivity contribution in [3.05, 3.63) is 0 Å². The minimum absolute atomic E-state index is 0.182. The van der Waals surface area contributed by atoms with Crippen LogP contribution >= 0.6 is 0 Å². The van der Waals surface area contributed by atoms with Crippen LogP contribution in [0.1, 0.15) is 0 Å². The van der Waals surface area contributed by atoms with Crippen molar-refractivity contribution < 1.29 is 33.0 Å². The topological polar surface area (TPSA) is 89.9 Å². The highest BCUT2D eigenvalue weighted by Crippen LogP contribution is 2.13. The molecule has 0 radical (unpaired) electrons. The predicted molar refractivity (Wildman–Crippen MR) is 50.6 cm³/mol. The first-order valence-corrected chi connectivity index (χ1v) is 4.68. The first-order chi connectivity index (χ1) is 7.73. The van der Waals surface area contributed by atoms with E-state index in [9.17, 15) is 18.0 Å². The van der Waals surface area contributed by atoms with Gasteiger partial charge in [-0.2, -0.15) is 13.2 Å². The number of rotatable bonds is 2. The molecule has 0 aromatic heterocycles. The second kappa shape index (κ2) is 7.07. The van der Waals surface area contributed by atoms with E-state index in [0.29, 0.717) is 0 Å². The van der Waals surface area contributed by atoms with Crippen LogP contribution in [-0.2, 0) is 9.59 Å². The molecule has 100 valence electrons. The molecule has 1 fully saturated rings. The van der Waals surface area contributed by atoms with Gasteiger partial charge < -0.3 is 15.5 Å². The van der Waals surface area contributed by atoms with Crippen LogP contribution in [0.3, 0.4) is 0 Å². The van der Waals surface area contributed by atoms with Crippen LogP contribution < -0.4 is 5.32 Å². The van der Waals surface area contributed by atoms with Gasteiger partial charge in [0.1, 0.15) is 0 Å². The maximum absolute atomic E-state index is 10.6. The largest absolute Gasteiger partial charge is 0.490 e. The summed E-state index contributed by atoms with van der Waals surface area (Å²) >= 11 is 0. The second-order valence-electron chi connectivity index (χ2n) is 3.22. The molecular weight excluding hydrogens is 245 g/mol. The van der Waals surface area contributed by atoms with Gasteiger partial charge in [0, 0.05) is 26.2 Å². The van der Waals surface area contributed by atoms with Gasteiger partial charge in [-0.15, -0.1) is 0 Å². The van der Waals surface area contributed by atoms with Gasteiger partial charge in [-0.05, 0) is 0 Å². The number of nitrogens with one attached hydrogen (secondary N) is 1. The molecule has 1 saturated heterocycles. The highest BCUT2D eigenvalue weighted by Gasteiger charge is 2.38. The number of hydrogen-bond donors (Lipinski definition) is 3. The molecule has 0 saturated carbocycles. The Kier molecular flexibility index (Phi) is 6.51. The van der Waals surface area contributed by atoms with E-state index in [1.807, 2.05) is 4.90 Å². The van der Waals surface area contributed by atoms with Gasteiger partial charge in [-0.25, -0.2) is 4.79 Å². The Bertz CT molecular complexity index is 264. The van der Waals surface area contributed by atoms with Crippen molar-refractivity contribution in [3.63, 3.8) is 0 Å². The van der Waals surface area contributed by atoms with E-state index < -0.39 is 18.1 Å². The number of aliphatic carboxylic acids is 2. The maximum Gasteiger partial charge on any atom is 0.490 e. The van der Waals surface area contributed by atoms with Gasteiger partial charge >= 0.3 is 18.1 Å². The van der Waals surface area contributed by atoms with Crippen LogP contribution in [0.4, 0.5) is 13.2 Å². The summed E-state index contributed by atoms with van der Waals surface area (Å²) in [5, 5.41) is 18.7. The van der Waals surface area contributed by atoms with Crippen molar-refractivity contribution in [2.75, 3.05) is 32.7 Å². The van der Waals surface area contributed by atoms with Crippen LogP contribution in [0.2, 0.25) is 0 Å². The fourth-order valence-electron chi connectivity index (χ4n) is 1.06. The SMILES string of the molecule is O=C(O)C(F)(F)F.O=C(O)CN1CCNCC1. The zero-order valence-corrected chi connectivity index (χ0v) is 8.83. The molecule has 17 heavy (non-hydrogen) atoms. The number of carboxylic acid groups (broad SMARTS) is 2. The highest BCUT2D eigenvalue weighted by atomic mass is 19.4. The van der Waals surface area contributed by atoms with Crippen molar-refractivity contribution >= 4 is 11.9 Å². The van der Waals surface area contributed by atoms with E-state index in [1.54, 1.807) is 0 Å². The van der Waals surface area contributed by atoms with E-state index in [2.05, 4.69) is 5.32 Å². The summed E-state index contributed by atoms with van der Waals surface area (Å²) in [5.41, 5.74) is 0. The number of carbonyl (C=O) groups is 2. The third-order valence-electron chi connectivity index (χ3n) is 1.81. The van der Waals surface area contributed by atoms with Gasteiger partial charge in [0.05, 0.1) is 6.54 Å². The summed E-state index contributed by atoms with van der Waals surface area (Å²) in [6.07, 6.45) is -5.08. The summed E-state index contributed by atoms with van der Waals surface area (Å²) < 4.78 is 31.7. The summed E-state index contributed by atoms with van der Waals surface area (Å²) in [6, 6.07) is 0. The van der Waals surface area contributed by atoms with Gasteiger partial charge in [0.2, 0.25) is 0 Å². The Morgan fingerprint density at radius 1 is 1.18 bits per heavy atom. The van der Waals surface area contributed by atoms with Crippen molar-refractivity contribution in [2.24, 2.45) is 0 Å². The van der Waals surface area contributed by atoms with E-state index in [1.165, 1.54) is 0 Å². The predicted octanol–water partition coefficient (Wildman–Crippen LogP) is -0.390. The Morgan fingerprint density at radius 3 is 1.88 bits per heavy atom. The molecule has 0 amide bonds. The highest BCUT2D eigenvalue weighted by molar-refractivity contribution is 5.73. The third-order valence-corrected chi connectivity index (χ3v) is 1.81. The lowest BCUT2D eigenvalue weighted by Crippen LogP contribution is -2.45. The summed E-state index contributed by atoms with van der Waals surface area (Å²) in [5.74, 6) is -3.49. The maximum atomic E-state index is 10.6. The van der Waals surface area contributed by atoms with E-state index in [4.69, 9.17) is 15.0 Å². The molecule has 0 aromatic rings. The minimum atomic E-state index is -5.08. The number of nitrogens with zero attached hydrogens (tertiary/aromatic N) is 1. The molecule has 6 nitrogen and oxygen atoms in total. The first-order valence-electron chi connectivity index (χ1n) is 4.68. The monoisotopic (exact) mass is 258 g/mol. The molecular formula is C8H13F3N2O4. The number of carboxylic acids is 2. The molecule has 9 heteroatoms. The average molecular weight is 258 g/mol. The molecule has 0 atom stereocenters. The van der Waals surface area contributed by atoms with Crippen LogP contribution in [0, 0.1) is 0 Å². The van der Waals surface area contributed by atoms with Gasteiger partial charge in [0.15, 0.2) is 0 Å². The summed E-state index contributed by atoms with van der Waals surface area (Å²) in [4.78, 5) is 21.0. The molecule has 0 unspecified atom stereocenters. The zero-order chi connectivity index (χ0) is 13.5. The molecule has 3 N–H and O–H groups in total. The van der Waals surface area contributed by atoms with Crippen LogP contribution in [-0.4, -0.2) is 66.0 Å². The molecule has 0 spiro atoms. The van der Waals surface area contributed by atoms with Crippen molar-refractivity contribution in [1.82, 2.24) is 10.2 Å². The van der Waals surface area contributed by atoms with Gasteiger partial charge in [0.25, 0.3) is 0 Å². The standard InChI is InChI=1S/C6H12N2O2.C2HF3O2/c9-6(10)5-8-3-1-7-2-4-8;3-2(4,5)1(6)7/h7H,1-5H2,(H,9,10);(H,6,7). The van der Waals surface area contributed by atoms with Gasteiger partial charge in [-0.1, -0.05) is 0 Å². The van der Waals surface area contributed by atoms with Crippen LogP contribution in [0.15, 0.2) is 0 Å². The zero-order valence-electron chi connectivity index (χ0n) is 8.83. The van der Waals surface area contributed by atoms with Crippen molar-refractivity contribution in [3.8, 4) is 0 Å². The average Bonchev–Trinajstić information content (AvgIpc) is 2.17. The minimum Gasteiger partial charge on any atom is -0.480 e. The molecule has 1 aliphatic rings. The first kappa shape index (κ1) is 15.7. The molecule has 1 rings (SSSR count). The summed E-state index contributed by atoms with van der Waals surface area (Å²) in [7, 11) is 0. The van der Waals surface area contributed by atoms with E-state index in [-0.39, 0.29) is 6.54 Å². The second-order valence-corrected chi connectivity index (χ2v) is 3.22. The Morgan fingerprint density at radius 2 is 1.59 bits per heavy atom. The number of alkyl halides is 3. The molecule has 0 aliphatic carbocycles. The third kappa shape index (κ3) is 8.46. The number of hydrogen-bond acceptors (Lipinski definition) is 4. The Hall–Kier alpha value is -1.35. The molecule has 0 bridgehead atoms. The summed E-state index contributed by atoms with van der Waals surface area (Å²) in [6.45, 7) is 3.71. The van der Waals surface area contributed by atoms with Crippen LogP contribution in [0.25, 0.3) is 0 Å². The molecule has 1 aliphatic heterocycles. The Labute approximate surface area is 95.0 Å². The Balaban J connectivity index is 0.000000325. The van der Waals surface area contributed by atoms with E-state index in [0.717, 1.165) is 26.2 Å². The fourth-order valence-corrected chi connectivity index (χ4v) is 1.06. The quantitative estimate of drug-likeness (QED) is 0.625. The smallest absolute Gasteiger partial charge is 0.480 e. The number of piperazine rings is 1. The van der Waals surface area contributed by atoms with Crippen molar-refractivity contribution in [2.45, 2.75) is 6.18 Å². The lowest BCUT2D eigenvalue weighted by molar-refractivity contribution is -0.192. The van der Waals surface area contributed by atoms with Gasteiger partial charge in [-0.3, -0.25) is 9.69 Å². The van der Waals surface area contributed by atoms with E-state index >= 15 is 0 Å².